The minimum Gasteiger partial charge on any atom is -0.340 e. The molecule has 0 atom stereocenters. The van der Waals surface area contributed by atoms with Gasteiger partial charge in [0.1, 0.15) is 11.0 Å². The molecule has 0 unspecified atom stereocenters. The summed E-state index contributed by atoms with van der Waals surface area (Å²) in [6.07, 6.45) is 1.64. The van der Waals surface area contributed by atoms with Crippen LogP contribution in [0.5, 0.6) is 0 Å². The fourth-order valence-corrected chi connectivity index (χ4v) is 1.28. The molecular formula is C9H10Cl2N2O. The summed E-state index contributed by atoms with van der Waals surface area (Å²) < 4.78 is 0. The van der Waals surface area contributed by atoms with Crippen molar-refractivity contribution in [2.24, 2.45) is 0 Å². The zero-order valence-corrected chi connectivity index (χ0v) is 9.22. The number of pyridine rings is 1. The largest absolute Gasteiger partial charge is 0.340 e. The fraction of sp³-hybridized carbons (Fsp3) is 0.333. The second kappa shape index (κ2) is 5.17. The first kappa shape index (κ1) is 11.3. The van der Waals surface area contributed by atoms with E-state index in [0.29, 0.717) is 11.7 Å². The first-order valence-corrected chi connectivity index (χ1v) is 4.95. The van der Waals surface area contributed by atoms with Gasteiger partial charge in [-0.15, -0.1) is 11.6 Å². The van der Waals surface area contributed by atoms with Crippen LogP contribution in [0.3, 0.4) is 0 Å². The molecule has 76 valence electrons. The number of carbonyl (C=O) groups is 1. The molecule has 0 N–H and O–H groups in total. The monoisotopic (exact) mass is 232 g/mol. The van der Waals surface area contributed by atoms with Crippen molar-refractivity contribution in [1.82, 2.24) is 9.88 Å². The molecule has 1 aromatic heterocycles. The van der Waals surface area contributed by atoms with Gasteiger partial charge in [0.15, 0.2) is 0 Å². The standard InChI is InChI=1S/C9H10Cl2N2O/c1-13(9(14)4-10)6-7-2-3-8(11)12-5-7/h2-3,5H,4,6H2,1H3. The average molecular weight is 233 g/mol. The van der Waals surface area contributed by atoms with Crippen molar-refractivity contribution < 1.29 is 4.79 Å². The van der Waals surface area contributed by atoms with Crippen LogP contribution in [0.2, 0.25) is 5.15 Å². The first-order chi connectivity index (χ1) is 6.63. The van der Waals surface area contributed by atoms with E-state index in [1.807, 2.05) is 6.07 Å². The van der Waals surface area contributed by atoms with E-state index in [9.17, 15) is 4.79 Å². The summed E-state index contributed by atoms with van der Waals surface area (Å²) in [4.78, 5) is 16.6. The number of rotatable bonds is 3. The van der Waals surface area contributed by atoms with E-state index in [1.165, 1.54) is 4.90 Å². The van der Waals surface area contributed by atoms with Gasteiger partial charge in [-0.3, -0.25) is 4.79 Å². The van der Waals surface area contributed by atoms with Crippen LogP contribution in [0.25, 0.3) is 0 Å². The molecule has 5 heteroatoms. The van der Waals surface area contributed by atoms with Crippen LogP contribution in [-0.2, 0) is 11.3 Å². The Bertz CT molecular complexity index is 313. The maximum absolute atomic E-state index is 11.1. The number of carbonyl (C=O) groups excluding carboxylic acids is 1. The maximum atomic E-state index is 11.1. The molecule has 0 fully saturated rings. The minimum atomic E-state index is -0.110. The van der Waals surface area contributed by atoms with Crippen LogP contribution in [0.1, 0.15) is 5.56 Å². The second-order valence-electron chi connectivity index (χ2n) is 2.87. The Morgan fingerprint density at radius 2 is 2.29 bits per heavy atom. The summed E-state index contributed by atoms with van der Waals surface area (Å²) in [6, 6.07) is 3.52. The number of aromatic nitrogens is 1. The summed E-state index contributed by atoms with van der Waals surface area (Å²) in [5, 5.41) is 0.445. The number of nitrogens with zero attached hydrogens (tertiary/aromatic N) is 2. The van der Waals surface area contributed by atoms with Crippen LogP contribution in [-0.4, -0.2) is 28.7 Å². The molecule has 0 aliphatic rings. The molecule has 1 aromatic rings. The lowest BCUT2D eigenvalue weighted by atomic mass is 10.3. The highest BCUT2D eigenvalue weighted by Crippen LogP contribution is 2.07. The van der Waals surface area contributed by atoms with Gasteiger partial charge >= 0.3 is 0 Å². The minimum absolute atomic E-state index is 0.00246. The smallest absolute Gasteiger partial charge is 0.237 e. The molecule has 1 heterocycles. The number of hydrogen-bond acceptors (Lipinski definition) is 2. The molecule has 3 nitrogen and oxygen atoms in total. The number of alkyl halides is 1. The Morgan fingerprint density at radius 3 is 2.79 bits per heavy atom. The van der Waals surface area contributed by atoms with Gasteiger partial charge in [-0.2, -0.15) is 0 Å². The summed E-state index contributed by atoms with van der Waals surface area (Å²) in [5.41, 5.74) is 0.926. The molecule has 0 aromatic carbocycles. The van der Waals surface area contributed by atoms with E-state index >= 15 is 0 Å². The van der Waals surface area contributed by atoms with Gasteiger partial charge in [-0.1, -0.05) is 17.7 Å². The molecule has 0 saturated carbocycles. The molecule has 0 spiro atoms. The Hall–Kier alpha value is -0.800. The molecule has 1 amide bonds. The van der Waals surface area contributed by atoms with Crippen LogP contribution in [0.4, 0.5) is 0 Å². The lowest BCUT2D eigenvalue weighted by Gasteiger charge is -2.15. The Labute approximate surface area is 92.6 Å². The molecule has 0 saturated heterocycles. The highest BCUT2D eigenvalue weighted by molar-refractivity contribution is 6.29. The van der Waals surface area contributed by atoms with Crippen molar-refractivity contribution in [3.8, 4) is 0 Å². The summed E-state index contributed by atoms with van der Waals surface area (Å²) >= 11 is 11.0. The van der Waals surface area contributed by atoms with Gasteiger partial charge < -0.3 is 4.90 Å². The SMILES string of the molecule is CN(Cc1ccc(Cl)nc1)C(=O)CCl. The molecule has 0 aliphatic heterocycles. The zero-order chi connectivity index (χ0) is 10.6. The van der Waals surface area contributed by atoms with E-state index in [2.05, 4.69) is 4.98 Å². The first-order valence-electron chi connectivity index (χ1n) is 4.04. The third-order valence-corrected chi connectivity index (χ3v) is 2.20. The predicted octanol–water partition coefficient (Wildman–Crippen LogP) is 1.93. The Balaban J connectivity index is 2.60. The van der Waals surface area contributed by atoms with E-state index < -0.39 is 0 Å². The molecule has 0 radical (unpaired) electrons. The van der Waals surface area contributed by atoms with Crippen LogP contribution in [0, 0.1) is 0 Å². The van der Waals surface area contributed by atoms with Crippen LogP contribution >= 0.6 is 23.2 Å². The van der Waals surface area contributed by atoms with E-state index in [4.69, 9.17) is 23.2 Å². The van der Waals surface area contributed by atoms with Crippen LogP contribution < -0.4 is 0 Å². The molecular weight excluding hydrogens is 223 g/mol. The third-order valence-electron chi connectivity index (χ3n) is 1.75. The number of amides is 1. The predicted molar refractivity (Wildman–Crippen MR) is 56.4 cm³/mol. The van der Waals surface area contributed by atoms with Crippen molar-refractivity contribution in [1.29, 1.82) is 0 Å². The normalized spacial score (nSPS) is 9.93. The van der Waals surface area contributed by atoms with Crippen molar-refractivity contribution in [2.75, 3.05) is 12.9 Å². The zero-order valence-electron chi connectivity index (χ0n) is 7.70. The third kappa shape index (κ3) is 3.16. The van der Waals surface area contributed by atoms with Gasteiger partial charge in [-0.25, -0.2) is 4.98 Å². The molecule has 0 bridgehead atoms. The molecule has 1 rings (SSSR count). The Kier molecular flexibility index (Phi) is 4.17. The second-order valence-corrected chi connectivity index (χ2v) is 3.53. The summed E-state index contributed by atoms with van der Waals surface area (Å²) in [6.45, 7) is 0.496. The number of hydrogen-bond donors (Lipinski definition) is 0. The van der Waals surface area contributed by atoms with Gasteiger partial charge in [0.2, 0.25) is 5.91 Å². The van der Waals surface area contributed by atoms with Gasteiger partial charge in [0.05, 0.1) is 0 Å². The van der Waals surface area contributed by atoms with Crippen molar-refractivity contribution in [3.63, 3.8) is 0 Å². The maximum Gasteiger partial charge on any atom is 0.237 e. The van der Waals surface area contributed by atoms with E-state index in [1.54, 1.807) is 19.3 Å². The Morgan fingerprint density at radius 1 is 1.57 bits per heavy atom. The van der Waals surface area contributed by atoms with E-state index in [-0.39, 0.29) is 11.8 Å². The highest BCUT2D eigenvalue weighted by atomic mass is 35.5. The average Bonchev–Trinajstić information content (AvgIpc) is 2.20. The van der Waals surface area contributed by atoms with Gasteiger partial charge in [0, 0.05) is 19.8 Å². The quantitative estimate of drug-likeness (QED) is 0.590. The lowest BCUT2D eigenvalue weighted by Crippen LogP contribution is -2.27. The fourth-order valence-electron chi connectivity index (χ4n) is 0.964. The van der Waals surface area contributed by atoms with Crippen molar-refractivity contribution in [3.05, 3.63) is 29.0 Å². The number of halogens is 2. The van der Waals surface area contributed by atoms with Crippen molar-refractivity contribution in [2.45, 2.75) is 6.54 Å². The lowest BCUT2D eigenvalue weighted by molar-refractivity contribution is -0.127. The summed E-state index contributed by atoms with van der Waals surface area (Å²) in [7, 11) is 1.69. The van der Waals surface area contributed by atoms with Crippen molar-refractivity contribution >= 4 is 29.1 Å². The van der Waals surface area contributed by atoms with Crippen LogP contribution in [0.15, 0.2) is 18.3 Å². The molecule has 14 heavy (non-hydrogen) atoms. The topological polar surface area (TPSA) is 33.2 Å². The summed E-state index contributed by atoms with van der Waals surface area (Å²) in [5.74, 6) is -0.112. The van der Waals surface area contributed by atoms with E-state index in [0.717, 1.165) is 5.56 Å². The van der Waals surface area contributed by atoms with Gasteiger partial charge in [-0.05, 0) is 11.6 Å². The highest BCUT2D eigenvalue weighted by Gasteiger charge is 2.07. The van der Waals surface area contributed by atoms with Gasteiger partial charge in [0.25, 0.3) is 0 Å². The molecule has 0 aliphatic carbocycles.